The van der Waals surface area contributed by atoms with Crippen molar-refractivity contribution in [1.29, 1.82) is 0 Å². The SMILES string of the molecule is CC(C)c1cc(C(=O)N(Cc2nccn2C)C2CC2)cs1. The van der Waals surface area contributed by atoms with E-state index in [1.807, 2.05) is 34.2 Å². The number of hydrogen-bond donors (Lipinski definition) is 0. The number of imidazole rings is 1. The van der Waals surface area contributed by atoms with Crippen LogP contribution >= 0.6 is 11.3 Å². The lowest BCUT2D eigenvalue weighted by atomic mass is 10.1. The second-order valence-electron chi connectivity index (χ2n) is 6.01. The van der Waals surface area contributed by atoms with E-state index in [0.29, 0.717) is 18.5 Å². The molecule has 1 fully saturated rings. The number of thiophene rings is 1. The van der Waals surface area contributed by atoms with Crippen LogP contribution in [0.5, 0.6) is 0 Å². The average molecular weight is 303 g/mol. The van der Waals surface area contributed by atoms with Crippen LogP contribution in [0.1, 0.15) is 53.7 Å². The lowest BCUT2D eigenvalue weighted by Crippen LogP contribution is -2.33. The van der Waals surface area contributed by atoms with Crippen LogP contribution in [0.25, 0.3) is 0 Å². The first-order valence-electron chi connectivity index (χ1n) is 7.42. The maximum absolute atomic E-state index is 12.8. The monoisotopic (exact) mass is 303 g/mol. The van der Waals surface area contributed by atoms with Gasteiger partial charge in [0.1, 0.15) is 5.82 Å². The third-order valence-electron chi connectivity index (χ3n) is 3.92. The molecule has 0 bridgehead atoms. The van der Waals surface area contributed by atoms with Gasteiger partial charge < -0.3 is 9.47 Å². The van der Waals surface area contributed by atoms with Crippen molar-refractivity contribution in [2.75, 3.05) is 0 Å². The van der Waals surface area contributed by atoms with Gasteiger partial charge in [-0.05, 0) is 24.8 Å². The molecule has 2 aromatic heterocycles. The number of aryl methyl sites for hydroxylation is 1. The minimum Gasteiger partial charge on any atom is -0.337 e. The zero-order chi connectivity index (χ0) is 15.0. The van der Waals surface area contributed by atoms with Gasteiger partial charge in [-0.2, -0.15) is 0 Å². The first-order valence-corrected chi connectivity index (χ1v) is 8.30. The van der Waals surface area contributed by atoms with Crippen molar-refractivity contribution in [3.8, 4) is 0 Å². The van der Waals surface area contributed by atoms with Crippen molar-refractivity contribution in [3.05, 3.63) is 40.1 Å². The first-order chi connectivity index (χ1) is 10.1. The molecule has 3 rings (SSSR count). The number of carbonyl (C=O) groups is 1. The third kappa shape index (κ3) is 3.02. The van der Waals surface area contributed by atoms with Gasteiger partial charge in [-0.25, -0.2) is 4.98 Å². The van der Waals surface area contributed by atoms with Crippen molar-refractivity contribution >= 4 is 17.2 Å². The molecular formula is C16H21N3OS. The number of aromatic nitrogens is 2. The molecular weight excluding hydrogens is 282 g/mol. The van der Waals surface area contributed by atoms with Gasteiger partial charge in [-0.1, -0.05) is 13.8 Å². The molecule has 1 amide bonds. The molecule has 0 N–H and O–H groups in total. The van der Waals surface area contributed by atoms with Crippen LogP contribution in [0.4, 0.5) is 0 Å². The van der Waals surface area contributed by atoms with Gasteiger partial charge in [0.15, 0.2) is 0 Å². The van der Waals surface area contributed by atoms with Crippen LogP contribution in [-0.2, 0) is 13.6 Å². The number of hydrogen-bond acceptors (Lipinski definition) is 3. The van der Waals surface area contributed by atoms with E-state index in [0.717, 1.165) is 24.2 Å². The summed E-state index contributed by atoms with van der Waals surface area (Å²) >= 11 is 1.68. The van der Waals surface area contributed by atoms with Gasteiger partial charge >= 0.3 is 0 Å². The van der Waals surface area contributed by atoms with Crippen molar-refractivity contribution in [2.45, 2.75) is 45.2 Å². The van der Waals surface area contributed by atoms with Gasteiger partial charge in [0.2, 0.25) is 0 Å². The summed E-state index contributed by atoms with van der Waals surface area (Å²) in [5, 5.41) is 1.99. The van der Waals surface area contributed by atoms with Crippen LogP contribution < -0.4 is 0 Å². The number of nitrogens with zero attached hydrogens (tertiary/aromatic N) is 3. The van der Waals surface area contributed by atoms with E-state index in [1.54, 1.807) is 17.5 Å². The molecule has 5 heteroatoms. The van der Waals surface area contributed by atoms with Gasteiger partial charge in [0.25, 0.3) is 5.91 Å². The topological polar surface area (TPSA) is 38.1 Å². The first kappa shape index (κ1) is 14.3. The molecule has 1 aliphatic rings. The lowest BCUT2D eigenvalue weighted by Gasteiger charge is -2.21. The van der Waals surface area contributed by atoms with Gasteiger partial charge in [-0.3, -0.25) is 4.79 Å². The van der Waals surface area contributed by atoms with Gasteiger partial charge in [0, 0.05) is 35.7 Å². The van der Waals surface area contributed by atoms with E-state index in [9.17, 15) is 4.79 Å². The molecule has 0 saturated heterocycles. The smallest absolute Gasteiger partial charge is 0.255 e. The molecule has 2 aromatic rings. The average Bonchev–Trinajstić information content (AvgIpc) is 3.01. The van der Waals surface area contributed by atoms with Gasteiger partial charge in [0.05, 0.1) is 12.1 Å². The summed E-state index contributed by atoms with van der Waals surface area (Å²) in [7, 11) is 1.97. The normalized spacial score (nSPS) is 14.7. The molecule has 0 aromatic carbocycles. The van der Waals surface area contributed by atoms with Crippen LogP contribution in [0, 0.1) is 0 Å². The summed E-state index contributed by atoms with van der Waals surface area (Å²) in [6.45, 7) is 4.92. The summed E-state index contributed by atoms with van der Waals surface area (Å²) in [5.41, 5.74) is 0.824. The largest absolute Gasteiger partial charge is 0.337 e. The minimum absolute atomic E-state index is 0.142. The summed E-state index contributed by atoms with van der Waals surface area (Å²) in [4.78, 5) is 20.4. The van der Waals surface area contributed by atoms with Crippen molar-refractivity contribution in [1.82, 2.24) is 14.5 Å². The molecule has 2 heterocycles. The Balaban J connectivity index is 1.80. The van der Waals surface area contributed by atoms with E-state index in [4.69, 9.17) is 0 Å². The molecule has 0 spiro atoms. The zero-order valence-corrected chi connectivity index (χ0v) is 13.6. The molecule has 4 nitrogen and oxygen atoms in total. The maximum Gasteiger partial charge on any atom is 0.255 e. The van der Waals surface area contributed by atoms with Crippen LogP contribution in [0.15, 0.2) is 23.8 Å². The Kier molecular flexibility index (Phi) is 3.85. The predicted molar refractivity (Wildman–Crippen MR) is 84.5 cm³/mol. The van der Waals surface area contributed by atoms with Crippen LogP contribution in [0.3, 0.4) is 0 Å². The van der Waals surface area contributed by atoms with E-state index >= 15 is 0 Å². The molecule has 0 unspecified atom stereocenters. The van der Waals surface area contributed by atoms with E-state index < -0.39 is 0 Å². The molecule has 1 saturated carbocycles. The van der Waals surface area contributed by atoms with Crippen molar-refractivity contribution < 1.29 is 4.79 Å². The fourth-order valence-corrected chi connectivity index (χ4v) is 3.29. The molecule has 21 heavy (non-hydrogen) atoms. The Hall–Kier alpha value is -1.62. The lowest BCUT2D eigenvalue weighted by molar-refractivity contribution is 0.0724. The third-order valence-corrected chi connectivity index (χ3v) is 5.15. The fourth-order valence-electron chi connectivity index (χ4n) is 2.39. The Bertz CT molecular complexity index is 639. The molecule has 1 aliphatic carbocycles. The van der Waals surface area contributed by atoms with Crippen LogP contribution in [-0.4, -0.2) is 26.4 Å². The second kappa shape index (κ2) is 5.64. The van der Waals surface area contributed by atoms with Crippen molar-refractivity contribution in [3.63, 3.8) is 0 Å². The highest BCUT2D eigenvalue weighted by Gasteiger charge is 2.34. The Morgan fingerprint density at radius 1 is 1.52 bits per heavy atom. The number of amides is 1. The molecule has 112 valence electrons. The maximum atomic E-state index is 12.8. The van der Waals surface area contributed by atoms with Gasteiger partial charge in [-0.15, -0.1) is 11.3 Å². The van der Waals surface area contributed by atoms with E-state index in [-0.39, 0.29) is 5.91 Å². The Labute approximate surface area is 129 Å². The highest BCUT2D eigenvalue weighted by atomic mass is 32.1. The van der Waals surface area contributed by atoms with E-state index in [2.05, 4.69) is 18.8 Å². The van der Waals surface area contributed by atoms with E-state index in [1.165, 1.54) is 4.88 Å². The number of rotatable bonds is 5. The molecule has 0 radical (unpaired) electrons. The molecule has 0 aliphatic heterocycles. The quantitative estimate of drug-likeness (QED) is 0.849. The Morgan fingerprint density at radius 2 is 2.29 bits per heavy atom. The highest BCUT2D eigenvalue weighted by Crippen LogP contribution is 2.31. The second-order valence-corrected chi connectivity index (χ2v) is 6.95. The fraction of sp³-hybridized carbons (Fsp3) is 0.500. The van der Waals surface area contributed by atoms with Crippen LogP contribution in [0.2, 0.25) is 0 Å². The molecule has 0 atom stereocenters. The Morgan fingerprint density at radius 3 is 2.81 bits per heavy atom. The summed E-state index contributed by atoms with van der Waals surface area (Å²) in [6.07, 6.45) is 5.92. The van der Waals surface area contributed by atoms with Crippen molar-refractivity contribution in [2.24, 2.45) is 7.05 Å². The summed E-state index contributed by atoms with van der Waals surface area (Å²) in [5.74, 6) is 1.55. The highest BCUT2D eigenvalue weighted by molar-refractivity contribution is 7.10. The summed E-state index contributed by atoms with van der Waals surface area (Å²) in [6, 6.07) is 2.43. The zero-order valence-electron chi connectivity index (χ0n) is 12.7. The predicted octanol–water partition coefficient (Wildman–Crippen LogP) is 3.41. The standard InChI is InChI=1S/C16H21N3OS/c1-11(2)14-8-12(10-21-14)16(20)19(13-4-5-13)9-15-17-6-7-18(15)3/h6-8,10-11,13H,4-5,9H2,1-3H3. The minimum atomic E-state index is 0.142. The summed E-state index contributed by atoms with van der Waals surface area (Å²) < 4.78 is 1.98. The number of carbonyl (C=O) groups excluding carboxylic acids is 1.